The second kappa shape index (κ2) is 4.95. The Hall–Kier alpha value is -1.80. The van der Waals surface area contributed by atoms with Gasteiger partial charge in [-0.1, -0.05) is 35.4 Å². The molecule has 0 fully saturated rings. The van der Waals surface area contributed by atoms with Crippen LogP contribution < -0.4 is 4.74 Å². The molecule has 1 aliphatic rings. The van der Waals surface area contributed by atoms with E-state index in [2.05, 4.69) is 0 Å². The summed E-state index contributed by atoms with van der Waals surface area (Å²) in [5, 5.41) is 0.702. The van der Waals surface area contributed by atoms with Crippen molar-refractivity contribution >= 4 is 17.4 Å². The van der Waals surface area contributed by atoms with Crippen LogP contribution in [0.25, 0.3) is 0 Å². The third-order valence-electron chi connectivity index (χ3n) is 3.64. The van der Waals surface area contributed by atoms with E-state index in [1.165, 1.54) is 0 Å². The van der Waals surface area contributed by atoms with E-state index in [0.717, 1.165) is 16.7 Å². The molecule has 2 aromatic rings. The first-order valence-corrected chi connectivity index (χ1v) is 6.99. The second-order valence-corrected chi connectivity index (χ2v) is 5.65. The predicted octanol–water partition coefficient (Wildman–Crippen LogP) is 4.66. The Kier molecular flexibility index (Phi) is 3.27. The van der Waals surface area contributed by atoms with Crippen molar-refractivity contribution in [2.45, 2.75) is 26.4 Å². The van der Waals surface area contributed by atoms with Gasteiger partial charge in [0.1, 0.15) is 11.9 Å². The molecule has 3 heteroatoms. The molecule has 20 heavy (non-hydrogen) atoms. The van der Waals surface area contributed by atoms with Crippen molar-refractivity contribution in [1.82, 2.24) is 0 Å². The van der Waals surface area contributed by atoms with Gasteiger partial charge in [-0.15, -0.1) is 0 Å². The van der Waals surface area contributed by atoms with Crippen LogP contribution in [0.4, 0.5) is 0 Å². The van der Waals surface area contributed by atoms with Crippen molar-refractivity contribution in [1.29, 1.82) is 0 Å². The van der Waals surface area contributed by atoms with Crippen molar-refractivity contribution in [2.24, 2.45) is 0 Å². The monoisotopic (exact) mass is 286 g/mol. The first kappa shape index (κ1) is 13.2. The number of halogens is 1. The van der Waals surface area contributed by atoms with Crippen molar-refractivity contribution in [3.05, 3.63) is 63.7 Å². The molecular formula is C17H15ClO2. The van der Waals surface area contributed by atoms with Crippen LogP contribution in [-0.4, -0.2) is 5.78 Å². The summed E-state index contributed by atoms with van der Waals surface area (Å²) in [6.45, 7) is 3.93. The molecule has 0 saturated carbocycles. The van der Waals surface area contributed by atoms with Gasteiger partial charge >= 0.3 is 0 Å². The van der Waals surface area contributed by atoms with Crippen molar-refractivity contribution in [3.63, 3.8) is 0 Å². The van der Waals surface area contributed by atoms with E-state index in [-0.39, 0.29) is 11.9 Å². The standard InChI is InChI=1S/C17H15ClO2/c1-10-3-6-16-13(7-10)15(19)9-17(20-16)12-5-4-11(2)14(18)8-12/h3-8,17H,9H2,1-2H3. The second-order valence-electron chi connectivity index (χ2n) is 5.24. The molecule has 1 aliphatic heterocycles. The number of aryl methyl sites for hydroxylation is 2. The third-order valence-corrected chi connectivity index (χ3v) is 4.05. The Morgan fingerprint density at radius 3 is 2.70 bits per heavy atom. The Labute approximate surface area is 123 Å². The van der Waals surface area contributed by atoms with Crippen LogP contribution in [0.5, 0.6) is 5.75 Å². The zero-order valence-electron chi connectivity index (χ0n) is 11.4. The van der Waals surface area contributed by atoms with E-state index >= 15 is 0 Å². The highest BCUT2D eigenvalue weighted by atomic mass is 35.5. The molecule has 1 unspecified atom stereocenters. The van der Waals surface area contributed by atoms with E-state index in [4.69, 9.17) is 16.3 Å². The lowest BCUT2D eigenvalue weighted by Crippen LogP contribution is -2.20. The van der Waals surface area contributed by atoms with Gasteiger partial charge in [0.15, 0.2) is 5.78 Å². The number of carbonyl (C=O) groups excluding carboxylic acids is 1. The molecule has 0 aromatic heterocycles. The molecule has 1 heterocycles. The largest absolute Gasteiger partial charge is 0.484 e. The summed E-state index contributed by atoms with van der Waals surface area (Å²) in [5.74, 6) is 0.783. The molecule has 0 amide bonds. The zero-order valence-corrected chi connectivity index (χ0v) is 12.2. The minimum atomic E-state index is -0.254. The number of benzene rings is 2. The van der Waals surface area contributed by atoms with Gasteiger partial charge in [-0.25, -0.2) is 0 Å². The van der Waals surface area contributed by atoms with Crippen LogP contribution in [0, 0.1) is 13.8 Å². The molecule has 1 atom stereocenters. The maximum absolute atomic E-state index is 12.3. The lowest BCUT2D eigenvalue weighted by Gasteiger charge is -2.26. The van der Waals surface area contributed by atoms with Gasteiger partial charge in [-0.2, -0.15) is 0 Å². The average molecular weight is 287 g/mol. The molecule has 3 rings (SSSR count). The minimum Gasteiger partial charge on any atom is -0.484 e. The zero-order chi connectivity index (χ0) is 14.3. The van der Waals surface area contributed by atoms with E-state index in [9.17, 15) is 4.79 Å². The third kappa shape index (κ3) is 2.32. The molecular weight excluding hydrogens is 272 g/mol. The highest BCUT2D eigenvalue weighted by Gasteiger charge is 2.27. The molecule has 0 N–H and O–H groups in total. The van der Waals surface area contributed by atoms with Crippen LogP contribution in [0.3, 0.4) is 0 Å². The SMILES string of the molecule is Cc1ccc2c(c1)C(=O)CC(c1ccc(C)c(Cl)c1)O2. The molecule has 2 nitrogen and oxygen atoms in total. The van der Waals surface area contributed by atoms with E-state index in [0.29, 0.717) is 22.8 Å². The Morgan fingerprint density at radius 1 is 1.15 bits per heavy atom. The number of carbonyl (C=O) groups is 1. The van der Waals surface area contributed by atoms with Gasteiger partial charge in [0.05, 0.1) is 12.0 Å². The smallest absolute Gasteiger partial charge is 0.170 e. The summed E-state index contributed by atoms with van der Waals surface area (Å²) in [6, 6.07) is 11.5. The van der Waals surface area contributed by atoms with Crippen LogP contribution in [0.15, 0.2) is 36.4 Å². The normalized spacial score (nSPS) is 17.6. The van der Waals surface area contributed by atoms with Gasteiger partial charge in [0.2, 0.25) is 0 Å². The highest BCUT2D eigenvalue weighted by molar-refractivity contribution is 6.31. The lowest BCUT2D eigenvalue weighted by molar-refractivity contribution is 0.0850. The molecule has 0 aliphatic carbocycles. The molecule has 0 bridgehead atoms. The van der Waals surface area contributed by atoms with Gasteiger partial charge in [0, 0.05) is 5.02 Å². The van der Waals surface area contributed by atoms with E-state index in [1.54, 1.807) is 0 Å². The van der Waals surface area contributed by atoms with Gasteiger partial charge in [-0.3, -0.25) is 4.79 Å². The number of hydrogen-bond donors (Lipinski definition) is 0. The van der Waals surface area contributed by atoms with Gasteiger partial charge in [0.25, 0.3) is 0 Å². The van der Waals surface area contributed by atoms with Crippen molar-refractivity contribution in [2.75, 3.05) is 0 Å². The quantitative estimate of drug-likeness (QED) is 0.762. The number of rotatable bonds is 1. The summed E-state index contributed by atoms with van der Waals surface area (Å²) in [6.07, 6.45) is 0.103. The minimum absolute atomic E-state index is 0.122. The Bertz CT molecular complexity index is 691. The predicted molar refractivity (Wildman–Crippen MR) is 79.7 cm³/mol. The molecule has 0 saturated heterocycles. The summed E-state index contributed by atoms with van der Waals surface area (Å²) >= 11 is 6.15. The summed E-state index contributed by atoms with van der Waals surface area (Å²) in [5.41, 5.74) is 3.71. The average Bonchev–Trinajstić information content (AvgIpc) is 2.42. The Morgan fingerprint density at radius 2 is 1.95 bits per heavy atom. The number of hydrogen-bond acceptors (Lipinski definition) is 2. The van der Waals surface area contributed by atoms with Gasteiger partial charge < -0.3 is 4.74 Å². The number of ketones is 1. The van der Waals surface area contributed by atoms with Crippen molar-refractivity contribution < 1.29 is 9.53 Å². The fourth-order valence-corrected chi connectivity index (χ4v) is 2.62. The van der Waals surface area contributed by atoms with Crippen LogP contribution >= 0.6 is 11.6 Å². The Balaban J connectivity index is 1.97. The molecule has 2 aromatic carbocycles. The van der Waals surface area contributed by atoms with Crippen molar-refractivity contribution in [3.8, 4) is 5.75 Å². The topological polar surface area (TPSA) is 26.3 Å². The fourth-order valence-electron chi connectivity index (χ4n) is 2.43. The van der Waals surface area contributed by atoms with Crippen LogP contribution in [0.2, 0.25) is 5.02 Å². The first-order valence-electron chi connectivity index (χ1n) is 6.61. The van der Waals surface area contributed by atoms with E-state index < -0.39 is 0 Å². The summed E-state index contributed by atoms with van der Waals surface area (Å²) in [7, 11) is 0. The number of Topliss-reactive ketones (excluding diaryl/α,β-unsaturated/α-hetero) is 1. The number of ether oxygens (including phenoxy) is 1. The lowest BCUT2D eigenvalue weighted by atomic mass is 9.95. The maximum Gasteiger partial charge on any atom is 0.170 e. The maximum atomic E-state index is 12.3. The fraction of sp³-hybridized carbons (Fsp3) is 0.235. The summed E-state index contributed by atoms with van der Waals surface area (Å²) < 4.78 is 5.96. The molecule has 0 radical (unpaired) electrons. The summed E-state index contributed by atoms with van der Waals surface area (Å²) in [4.78, 5) is 12.3. The van der Waals surface area contributed by atoms with Crippen LogP contribution in [-0.2, 0) is 0 Å². The first-order chi connectivity index (χ1) is 9.54. The van der Waals surface area contributed by atoms with Gasteiger partial charge in [-0.05, 0) is 43.2 Å². The molecule has 0 spiro atoms. The number of fused-ring (bicyclic) bond motifs is 1. The highest BCUT2D eigenvalue weighted by Crippen LogP contribution is 2.36. The van der Waals surface area contributed by atoms with E-state index in [1.807, 2.05) is 50.2 Å². The van der Waals surface area contributed by atoms with Crippen LogP contribution in [0.1, 0.15) is 39.6 Å². The molecule has 102 valence electrons.